The molecule has 2 nitrogen and oxygen atoms in total. The molecule has 15 heavy (non-hydrogen) atoms. The predicted molar refractivity (Wildman–Crippen MR) is 62.0 cm³/mol. The van der Waals surface area contributed by atoms with Crippen LogP contribution in [0.4, 0.5) is 4.39 Å². The Morgan fingerprint density at radius 2 is 2.33 bits per heavy atom. The lowest BCUT2D eigenvalue weighted by molar-refractivity contribution is 0.603. The van der Waals surface area contributed by atoms with Gasteiger partial charge >= 0.3 is 0 Å². The highest BCUT2D eigenvalue weighted by molar-refractivity contribution is 7.94. The first-order valence-corrected chi connectivity index (χ1v) is 5.55. The molecule has 0 saturated heterocycles. The van der Waals surface area contributed by atoms with Gasteiger partial charge in [-0.15, -0.1) is 0 Å². The fourth-order valence-corrected chi connectivity index (χ4v) is 1.35. The minimum absolute atomic E-state index is 0.244. The molecule has 0 bridgehead atoms. The third-order valence-corrected chi connectivity index (χ3v) is 2.68. The van der Waals surface area contributed by atoms with Gasteiger partial charge in [-0.05, 0) is 24.8 Å². The maximum Gasteiger partial charge on any atom is 0.149 e. The summed E-state index contributed by atoms with van der Waals surface area (Å²) >= 11 is 4.06. The van der Waals surface area contributed by atoms with Crippen molar-refractivity contribution in [3.8, 4) is 0 Å². The molecule has 0 heterocycles. The molecule has 0 aliphatic carbocycles. The molecule has 80 valence electrons. The van der Waals surface area contributed by atoms with Crippen LogP contribution in [-0.4, -0.2) is 10.8 Å². The Morgan fingerprint density at radius 1 is 1.67 bits per heavy atom. The largest absolute Gasteiger partial charge is 0.586 e. The summed E-state index contributed by atoms with van der Waals surface area (Å²) < 4.78 is 28.0. The Kier molecular flexibility index (Phi) is 4.32. The van der Waals surface area contributed by atoms with Gasteiger partial charge in [0.2, 0.25) is 0 Å². The summed E-state index contributed by atoms with van der Waals surface area (Å²) in [5.74, 6) is -0.495. The second-order valence-corrected chi connectivity index (χ2v) is 4.69. The Balaban J connectivity index is 2.85. The van der Waals surface area contributed by atoms with E-state index >= 15 is 0 Å². The van der Waals surface area contributed by atoms with Crippen molar-refractivity contribution >= 4 is 29.2 Å². The summed E-state index contributed by atoms with van der Waals surface area (Å²) in [4.78, 5) is 0.417. The highest BCUT2D eigenvalue weighted by Crippen LogP contribution is 2.14. The van der Waals surface area contributed by atoms with E-state index in [0.29, 0.717) is 9.93 Å². The van der Waals surface area contributed by atoms with Gasteiger partial charge in [-0.1, -0.05) is 16.0 Å². The highest BCUT2D eigenvalue weighted by atomic mass is 35.5. The van der Waals surface area contributed by atoms with Crippen molar-refractivity contribution in [2.45, 2.75) is 6.92 Å². The molecule has 0 saturated carbocycles. The van der Waals surface area contributed by atoms with E-state index in [1.165, 1.54) is 24.4 Å². The summed E-state index contributed by atoms with van der Waals surface area (Å²) in [5.41, 5.74) is 0.244. The Hall–Kier alpha value is -0.840. The summed E-state index contributed by atoms with van der Waals surface area (Å²) in [7, 11) is 0. The number of rotatable bonds is 3. The molecule has 0 aromatic heterocycles. The van der Waals surface area contributed by atoms with Crippen molar-refractivity contribution in [1.82, 2.24) is 0 Å². The van der Waals surface area contributed by atoms with E-state index in [1.807, 2.05) is 0 Å². The Morgan fingerprint density at radius 3 is 2.87 bits per heavy atom. The topological polar surface area (TPSA) is 35.4 Å². The van der Waals surface area contributed by atoms with Crippen LogP contribution in [0.5, 0.6) is 0 Å². The third-order valence-electron chi connectivity index (χ3n) is 1.55. The molecule has 5 heteroatoms. The fourth-order valence-electron chi connectivity index (χ4n) is 0.801. The van der Waals surface area contributed by atoms with Crippen LogP contribution in [-0.2, 0) is 11.4 Å². The van der Waals surface area contributed by atoms with Crippen LogP contribution < -0.4 is 0 Å². The van der Waals surface area contributed by atoms with Gasteiger partial charge in [-0.3, -0.25) is 0 Å². The van der Waals surface area contributed by atoms with E-state index in [9.17, 15) is 8.94 Å². The van der Waals surface area contributed by atoms with Crippen molar-refractivity contribution in [2.75, 3.05) is 0 Å². The third kappa shape index (κ3) is 3.66. The standard InChI is InChI=1S/C10H9ClFNOS/c1-7(2)15(14)13-6-8-3-4-9(11)5-10(8)12/h3-6H,1H2,2H3/b13-6+/t15-/m1/s1. The zero-order valence-corrected chi connectivity index (χ0v) is 9.61. The normalized spacial score (nSPS) is 13.1. The SMILES string of the molecule is C=C(C)[S@@+]([O-])/N=C/c1ccc(Cl)cc1F. The van der Waals surface area contributed by atoms with Gasteiger partial charge in [0.05, 0.1) is 6.21 Å². The van der Waals surface area contributed by atoms with Crippen LogP contribution >= 0.6 is 11.6 Å². The molecule has 0 N–H and O–H groups in total. The molecule has 1 atom stereocenters. The number of halogens is 2. The van der Waals surface area contributed by atoms with Crippen molar-refractivity contribution in [3.05, 3.63) is 46.1 Å². The van der Waals surface area contributed by atoms with Crippen LogP contribution in [0.3, 0.4) is 0 Å². The second kappa shape index (κ2) is 5.30. The van der Waals surface area contributed by atoms with Gasteiger partial charge in [-0.25, -0.2) is 4.39 Å². The van der Waals surface area contributed by atoms with Crippen LogP contribution in [0.1, 0.15) is 12.5 Å². The first-order chi connectivity index (χ1) is 7.00. The zero-order chi connectivity index (χ0) is 11.4. The van der Waals surface area contributed by atoms with Gasteiger partial charge < -0.3 is 4.55 Å². The van der Waals surface area contributed by atoms with Gasteiger partial charge in [0.25, 0.3) is 0 Å². The van der Waals surface area contributed by atoms with Crippen molar-refractivity contribution in [3.63, 3.8) is 0 Å². The van der Waals surface area contributed by atoms with Crippen LogP contribution in [0.2, 0.25) is 5.02 Å². The number of hydrogen-bond acceptors (Lipinski definition) is 2. The molecule has 1 rings (SSSR count). The maximum absolute atomic E-state index is 13.2. The van der Waals surface area contributed by atoms with Crippen molar-refractivity contribution in [1.29, 1.82) is 0 Å². The molecular formula is C10H9ClFNOS. The van der Waals surface area contributed by atoms with E-state index < -0.39 is 17.2 Å². The molecule has 0 unspecified atom stereocenters. The van der Waals surface area contributed by atoms with Crippen LogP contribution in [0.25, 0.3) is 0 Å². The van der Waals surface area contributed by atoms with Crippen LogP contribution in [0.15, 0.2) is 34.1 Å². The lowest BCUT2D eigenvalue weighted by Gasteiger charge is -2.00. The van der Waals surface area contributed by atoms with E-state index in [2.05, 4.69) is 11.0 Å². The highest BCUT2D eigenvalue weighted by Gasteiger charge is 2.05. The average molecular weight is 246 g/mol. The van der Waals surface area contributed by atoms with E-state index in [-0.39, 0.29) is 5.56 Å². The maximum atomic E-state index is 13.2. The van der Waals surface area contributed by atoms with Crippen LogP contribution in [0, 0.1) is 5.82 Å². The average Bonchev–Trinajstić information content (AvgIpc) is 2.15. The number of benzene rings is 1. The van der Waals surface area contributed by atoms with E-state index in [4.69, 9.17) is 11.6 Å². The predicted octanol–water partition coefficient (Wildman–Crippen LogP) is 3.10. The Bertz CT molecular complexity index is 408. The number of nitrogens with zero attached hydrogens (tertiary/aromatic N) is 1. The van der Waals surface area contributed by atoms with Gasteiger partial charge in [0.15, 0.2) is 0 Å². The van der Waals surface area contributed by atoms with E-state index in [1.54, 1.807) is 6.92 Å². The minimum atomic E-state index is -1.51. The van der Waals surface area contributed by atoms with Gasteiger partial charge in [0.1, 0.15) is 22.1 Å². The Labute approximate surface area is 95.8 Å². The number of allylic oxidation sites excluding steroid dienone is 1. The van der Waals surface area contributed by atoms with Gasteiger partial charge in [-0.2, -0.15) is 0 Å². The van der Waals surface area contributed by atoms with E-state index in [0.717, 1.165) is 0 Å². The molecule has 0 fully saturated rings. The molecule has 1 aromatic rings. The molecule has 0 aliphatic rings. The summed E-state index contributed by atoms with van der Waals surface area (Å²) in [6, 6.07) is 4.18. The lowest BCUT2D eigenvalue weighted by atomic mass is 10.2. The van der Waals surface area contributed by atoms with Gasteiger partial charge in [0, 0.05) is 17.5 Å². The second-order valence-electron chi connectivity index (χ2n) is 2.85. The zero-order valence-electron chi connectivity index (χ0n) is 8.04. The molecule has 0 aliphatic heterocycles. The minimum Gasteiger partial charge on any atom is -0.586 e. The first-order valence-electron chi connectivity index (χ1n) is 4.07. The van der Waals surface area contributed by atoms with Crippen molar-refractivity contribution in [2.24, 2.45) is 4.40 Å². The van der Waals surface area contributed by atoms with Crippen molar-refractivity contribution < 1.29 is 8.94 Å². The summed E-state index contributed by atoms with van der Waals surface area (Å²) in [6.07, 6.45) is 1.20. The molecule has 0 radical (unpaired) electrons. The first kappa shape index (κ1) is 12.2. The smallest absolute Gasteiger partial charge is 0.149 e. The molecular weight excluding hydrogens is 237 g/mol. The molecule has 0 spiro atoms. The molecule has 1 aromatic carbocycles. The summed E-state index contributed by atoms with van der Waals surface area (Å²) in [6.45, 7) is 5.06. The monoisotopic (exact) mass is 245 g/mol. The summed E-state index contributed by atoms with van der Waals surface area (Å²) in [5, 5.41) is 0.311. The quantitative estimate of drug-likeness (QED) is 0.595. The number of hydrogen-bond donors (Lipinski definition) is 0. The lowest BCUT2D eigenvalue weighted by Crippen LogP contribution is -1.97. The molecule has 0 amide bonds. The fraction of sp³-hybridized carbons (Fsp3) is 0.100.